The Bertz CT molecular complexity index is 807. The molecule has 1 aliphatic heterocycles. The molecule has 140 valence electrons. The number of fused-ring (bicyclic) bond motifs is 1. The van der Waals surface area contributed by atoms with Gasteiger partial charge in [-0.1, -0.05) is 12.8 Å². The van der Waals surface area contributed by atoms with Crippen LogP contribution in [0, 0.1) is 5.82 Å². The van der Waals surface area contributed by atoms with E-state index in [9.17, 15) is 4.39 Å². The van der Waals surface area contributed by atoms with Crippen molar-refractivity contribution in [2.75, 3.05) is 31.7 Å². The Morgan fingerprint density at radius 2 is 2.08 bits per heavy atom. The van der Waals surface area contributed by atoms with Gasteiger partial charge < -0.3 is 15.2 Å². The van der Waals surface area contributed by atoms with E-state index in [4.69, 9.17) is 4.99 Å². The number of benzene rings is 1. The first-order valence-electron chi connectivity index (χ1n) is 9.53. The molecule has 1 saturated carbocycles. The first-order valence-corrected chi connectivity index (χ1v) is 10.5. The van der Waals surface area contributed by atoms with Gasteiger partial charge in [-0.2, -0.15) is 0 Å². The van der Waals surface area contributed by atoms with Gasteiger partial charge in [-0.25, -0.2) is 4.39 Å². The molecule has 0 spiro atoms. The average Bonchev–Trinajstić information content (AvgIpc) is 3.32. The van der Waals surface area contributed by atoms with Crippen LogP contribution in [0.5, 0.6) is 0 Å². The predicted octanol–water partition coefficient (Wildman–Crippen LogP) is 4.48. The minimum absolute atomic E-state index is 0.187. The van der Waals surface area contributed by atoms with E-state index in [0.29, 0.717) is 12.1 Å². The van der Waals surface area contributed by atoms with Crippen LogP contribution in [-0.2, 0) is 0 Å². The molecule has 1 aromatic heterocycles. The number of nitrogens with one attached hydrogen (secondary N) is 2. The lowest BCUT2D eigenvalue weighted by Gasteiger charge is -2.14. The van der Waals surface area contributed by atoms with Gasteiger partial charge in [-0.05, 0) is 58.1 Å². The summed E-state index contributed by atoms with van der Waals surface area (Å²) in [5, 5.41) is 5.52. The van der Waals surface area contributed by atoms with Gasteiger partial charge in [-0.3, -0.25) is 4.99 Å². The zero-order chi connectivity index (χ0) is 18.1. The van der Waals surface area contributed by atoms with E-state index < -0.39 is 0 Å². The number of hydrogen-bond donors (Lipinski definition) is 2. The molecular formula is C20H27FN4S. The van der Waals surface area contributed by atoms with Gasteiger partial charge in [0.15, 0.2) is 0 Å². The maximum Gasteiger partial charge on any atom is 0.126 e. The highest BCUT2D eigenvalue weighted by Crippen LogP contribution is 2.32. The predicted molar refractivity (Wildman–Crippen MR) is 110 cm³/mol. The number of aromatic nitrogens is 1. The van der Waals surface area contributed by atoms with Gasteiger partial charge in [-0.15, -0.1) is 11.8 Å². The summed E-state index contributed by atoms with van der Waals surface area (Å²) in [6, 6.07) is 6.10. The fourth-order valence-electron chi connectivity index (χ4n) is 3.84. The SMILES string of the molecule is CN(C)CC[C@@H]1CSC(c2cc3cc(F)cc(NC4CCCC4)c3[nH]2)=N1. The number of aliphatic imine (C=N–C) groups is 1. The largest absolute Gasteiger partial charge is 0.381 e. The van der Waals surface area contributed by atoms with E-state index in [1.165, 1.54) is 25.7 Å². The van der Waals surface area contributed by atoms with E-state index >= 15 is 0 Å². The summed E-state index contributed by atoms with van der Waals surface area (Å²) in [7, 11) is 4.19. The van der Waals surface area contributed by atoms with Gasteiger partial charge >= 0.3 is 0 Å². The molecule has 0 unspecified atom stereocenters. The maximum absolute atomic E-state index is 14.1. The van der Waals surface area contributed by atoms with Crippen LogP contribution in [0.25, 0.3) is 10.9 Å². The molecule has 4 rings (SSSR count). The Balaban J connectivity index is 1.58. The van der Waals surface area contributed by atoms with Crippen molar-refractivity contribution in [3.05, 3.63) is 29.7 Å². The van der Waals surface area contributed by atoms with Crippen LogP contribution in [0.1, 0.15) is 37.8 Å². The third-order valence-electron chi connectivity index (χ3n) is 5.26. The van der Waals surface area contributed by atoms with Crippen molar-refractivity contribution < 1.29 is 4.39 Å². The third kappa shape index (κ3) is 3.91. The molecule has 1 fully saturated rings. The summed E-state index contributed by atoms with van der Waals surface area (Å²) in [6.45, 7) is 1.05. The second-order valence-electron chi connectivity index (χ2n) is 7.72. The van der Waals surface area contributed by atoms with Crippen molar-refractivity contribution in [2.24, 2.45) is 4.99 Å². The number of nitrogens with zero attached hydrogens (tertiary/aromatic N) is 2. The highest BCUT2D eigenvalue weighted by Gasteiger charge is 2.22. The zero-order valence-electron chi connectivity index (χ0n) is 15.5. The molecule has 0 bridgehead atoms. The molecule has 1 aromatic carbocycles. The molecule has 26 heavy (non-hydrogen) atoms. The number of halogens is 1. The molecule has 6 heteroatoms. The van der Waals surface area contributed by atoms with Crippen molar-refractivity contribution in [3.8, 4) is 0 Å². The number of anilines is 1. The molecule has 1 aliphatic carbocycles. The number of hydrogen-bond acceptors (Lipinski definition) is 4. The Morgan fingerprint density at radius 1 is 1.27 bits per heavy atom. The monoisotopic (exact) mass is 374 g/mol. The molecule has 2 aromatic rings. The lowest BCUT2D eigenvalue weighted by molar-refractivity contribution is 0.388. The second kappa shape index (κ2) is 7.61. The number of H-pyrrole nitrogens is 1. The summed E-state index contributed by atoms with van der Waals surface area (Å²) >= 11 is 1.80. The Morgan fingerprint density at radius 3 is 2.85 bits per heavy atom. The van der Waals surface area contributed by atoms with Crippen molar-refractivity contribution in [3.63, 3.8) is 0 Å². The summed E-state index contributed by atoms with van der Waals surface area (Å²) in [6.07, 6.45) is 5.93. The topological polar surface area (TPSA) is 43.4 Å². The summed E-state index contributed by atoms with van der Waals surface area (Å²) in [5.41, 5.74) is 2.89. The molecular weight excluding hydrogens is 347 g/mol. The molecule has 0 radical (unpaired) electrons. The number of rotatable bonds is 6. The van der Waals surface area contributed by atoms with E-state index in [2.05, 4.69) is 29.3 Å². The third-order valence-corrected chi connectivity index (χ3v) is 6.41. The number of thioether (sulfide) groups is 1. The molecule has 0 saturated heterocycles. The molecule has 1 atom stereocenters. The molecule has 4 nitrogen and oxygen atoms in total. The second-order valence-corrected chi connectivity index (χ2v) is 8.73. The van der Waals surface area contributed by atoms with Crippen LogP contribution in [0.2, 0.25) is 0 Å². The van der Waals surface area contributed by atoms with Gasteiger partial charge in [0.1, 0.15) is 10.9 Å². The van der Waals surface area contributed by atoms with Gasteiger partial charge in [0.2, 0.25) is 0 Å². The van der Waals surface area contributed by atoms with E-state index in [1.54, 1.807) is 23.9 Å². The minimum atomic E-state index is -0.187. The van der Waals surface area contributed by atoms with E-state index in [-0.39, 0.29) is 5.82 Å². The quantitative estimate of drug-likeness (QED) is 0.784. The fourth-order valence-corrected chi connectivity index (χ4v) is 4.93. The standard InChI is InChI=1S/C20H27FN4S/c1-25(2)8-7-16-12-26-20(23-16)18-10-13-9-14(21)11-17(19(13)24-18)22-15-5-3-4-6-15/h9-11,15-16,22,24H,3-8,12H2,1-2H3/t16-/m1/s1. The van der Waals surface area contributed by atoms with E-state index in [0.717, 1.165) is 46.0 Å². The first-order chi connectivity index (χ1) is 12.6. The lowest BCUT2D eigenvalue weighted by Crippen LogP contribution is -2.18. The Hall–Kier alpha value is -1.53. The highest BCUT2D eigenvalue weighted by molar-refractivity contribution is 8.14. The maximum atomic E-state index is 14.1. The lowest BCUT2D eigenvalue weighted by atomic mass is 10.2. The van der Waals surface area contributed by atoms with Crippen molar-refractivity contribution in [2.45, 2.75) is 44.2 Å². The highest BCUT2D eigenvalue weighted by atomic mass is 32.2. The zero-order valence-corrected chi connectivity index (χ0v) is 16.3. The Kier molecular flexibility index (Phi) is 5.23. The van der Waals surface area contributed by atoms with Crippen LogP contribution in [0.4, 0.5) is 10.1 Å². The van der Waals surface area contributed by atoms with Crippen molar-refractivity contribution in [1.82, 2.24) is 9.88 Å². The van der Waals surface area contributed by atoms with Crippen molar-refractivity contribution >= 4 is 33.4 Å². The minimum Gasteiger partial charge on any atom is -0.381 e. The van der Waals surface area contributed by atoms with Crippen molar-refractivity contribution in [1.29, 1.82) is 0 Å². The molecule has 0 amide bonds. The van der Waals surface area contributed by atoms with Crippen LogP contribution < -0.4 is 5.32 Å². The molecule has 2 N–H and O–H groups in total. The summed E-state index contributed by atoms with van der Waals surface area (Å²) in [5.74, 6) is 0.841. The van der Waals surface area contributed by atoms with Crippen LogP contribution in [-0.4, -0.2) is 53.4 Å². The van der Waals surface area contributed by atoms with E-state index in [1.807, 2.05) is 6.07 Å². The first kappa shape index (κ1) is 17.9. The number of aromatic amines is 1. The average molecular weight is 375 g/mol. The normalized spacial score (nSPS) is 21.1. The fraction of sp³-hybridized carbons (Fsp3) is 0.550. The Labute approximate surface area is 158 Å². The smallest absolute Gasteiger partial charge is 0.126 e. The summed E-state index contributed by atoms with van der Waals surface area (Å²) < 4.78 is 14.1. The summed E-state index contributed by atoms with van der Waals surface area (Å²) in [4.78, 5) is 10.6. The van der Waals surface area contributed by atoms with Gasteiger partial charge in [0.25, 0.3) is 0 Å². The van der Waals surface area contributed by atoms with Crippen LogP contribution in [0.15, 0.2) is 23.2 Å². The van der Waals surface area contributed by atoms with Gasteiger partial charge in [0, 0.05) is 17.2 Å². The van der Waals surface area contributed by atoms with Gasteiger partial charge in [0.05, 0.1) is 22.9 Å². The molecule has 2 heterocycles. The van der Waals surface area contributed by atoms with Crippen LogP contribution in [0.3, 0.4) is 0 Å². The van der Waals surface area contributed by atoms with Crippen LogP contribution >= 0.6 is 11.8 Å². The molecule has 2 aliphatic rings.